The lowest BCUT2D eigenvalue weighted by atomic mass is 10.0. The van der Waals surface area contributed by atoms with Crippen molar-refractivity contribution in [3.8, 4) is 0 Å². The summed E-state index contributed by atoms with van der Waals surface area (Å²) in [5.74, 6) is -0.647. The molecule has 0 amide bonds. The van der Waals surface area contributed by atoms with E-state index in [-0.39, 0.29) is 11.9 Å². The van der Waals surface area contributed by atoms with E-state index in [1.165, 1.54) is 109 Å². The van der Waals surface area contributed by atoms with Crippen molar-refractivity contribution in [2.45, 2.75) is 117 Å². The minimum Gasteiger partial charge on any atom is -0.466 e. The molecule has 176 valence electrons. The molecule has 0 saturated heterocycles. The summed E-state index contributed by atoms with van der Waals surface area (Å²) < 4.78 is 9.23. The molecule has 0 aliphatic carbocycles. The van der Waals surface area contributed by atoms with E-state index < -0.39 is 0 Å². The van der Waals surface area contributed by atoms with E-state index in [4.69, 9.17) is 4.74 Å². The summed E-state index contributed by atoms with van der Waals surface area (Å²) in [5, 5.41) is 0. The van der Waals surface area contributed by atoms with Crippen LogP contribution in [0, 0.1) is 0 Å². The molecule has 0 N–H and O–H groups in total. The zero-order valence-corrected chi connectivity index (χ0v) is 20.1. The summed E-state index contributed by atoms with van der Waals surface area (Å²) in [4.78, 5) is 21.0. The van der Waals surface area contributed by atoms with E-state index in [1.54, 1.807) is 6.92 Å². The van der Waals surface area contributed by atoms with Crippen molar-refractivity contribution in [2.75, 3.05) is 13.7 Å². The quantitative estimate of drug-likeness (QED) is 0.121. The Morgan fingerprint density at radius 2 is 1.10 bits per heavy atom. The van der Waals surface area contributed by atoms with E-state index in [1.807, 2.05) is 0 Å². The predicted molar refractivity (Wildman–Crippen MR) is 128 cm³/mol. The van der Waals surface area contributed by atoms with Gasteiger partial charge in [0.25, 0.3) is 0 Å². The average molecular weight is 425 g/mol. The van der Waals surface area contributed by atoms with Gasteiger partial charge < -0.3 is 9.47 Å². The molecule has 0 atom stereocenters. The number of esters is 2. The summed E-state index contributed by atoms with van der Waals surface area (Å²) in [5.41, 5.74) is 0.433. The first kappa shape index (κ1) is 30.6. The lowest BCUT2D eigenvalue weighted by Gasteiger charge is -2.04. The maximum absolute atomic E-state index is 10.8. The number of ether oxygens (including phenoxy) is 2. The van der Waals surface area contributed by atoms with Crippen LogP contribution in [0.5, 0.6) is 0 Å². The van der Waals surface area contributed by atoms with Gasteiger partial charge in [-0.1, -0.05) is 116 Å². The van der Waals surface area contributed by atoms with Crippen LogP contribution in [0.2, 0.25) is 0 Å². The Morgan fingerprint density at radius 3 is 1.37 bits per heavy atom. The van der Waals surface area contributed by atoms with Gasteiger partial charge >= 0.3 is 11.9 Å². The SMILES string of the molecule is C=C(C)C(=O)OC.C=CC(=O)OCCCCCCCCCCCCCCCCCC. The Bertz CT molecular complexity index is 429. The van der Waals surface area contributed by atoms with Crippen LogP contribution in [0.4, 0.5) is 0 Å². The molecule has 0 aromatic carbocycles. The molecular weight excluding hydrogens is 376 g/mol. The summed E-state index contributed by atoms with van der Waals surface area (Å²) in [6.45, 7) is 11.2. The van der Waals surface area contributed by atoms with Crippen molar-refractivity contribution in [2.24, 2.45) is 0 Å². The lowest BCUT2D eigenvalue weighted by molar-refractivity contribution is -0.138. The minimum absolute atomic E-state index is 0.300. The maximum Gasteiger partial charge on any atom is 0.332 e. The molecule has 0 unspecified atom stereocenters. The number of carbonyl (C=O) groups is 2. The molecule has 0 saturated carbocycles. The molecule has 0 aromatic heterocycles. The van der Waals surface area contributed by atoms with Crippen LogP contribution in [0.15, 0.2) is 24.8 Å². The second-order valence-electron chi connectivity index (χ2n) is 7.95. The second-order valence-corrected chi connectivity index (χ2v) is 7.95. The van der Waals surface area contributed by atoms with Gasteiger partial charge in [0.15, 0.2) is 0 Å². The van der Waals surface area contributed by atoms with Gasteiger partial charge in [0.2, 0.25) is 0 Å². The predicted octanol–water partition coefficient (Wildman–Crippen LogP) is 7.71. The van der Waals surface area contributed by atoms with Crippen molar-refractivity contribution in [3.63, 3.8) is 0 Å². The first-order valence-corrected chi connectivity index (χ1v) is 12.0. The molecule has 0 fully saturated rings. The van der Waals surface area contributed by atoms with Crippen molar-refractivity contribution in [1.82, 2.24) is 0 Å². The molecule has 0 aliphatic rings. The fourth-order valence-electron chi connectivity index (χ4n) is 3.06. The lowest BCUT2D eigenvalue weighted by Crippen LogP contribution is -2.01. The van der Waals surface area contributed by atoms with Gasteiger partial charge in [-0.25, -0.2) is 9.59 Å². The van der Waals surface area contributed by atoms with Crippen LogP contribution in [-0.4, -0.2) is 25.7 Å². The van der Waals surface area contributed by atoms with Gasteiger partial charge in [0.1, 0.15) is 0 Å². The first-order valence-electron chi connectivity index (χ1n) is 12.0. The van der Waals surface area contributed by atoms with Crippen LogP contribution in [0.25, 0.3) is 0 Å². The molecule has 0 radical (unpaired) electrons. The molecule has 0 spiro atoms. The molecule has 4 nitrogen and oxygen atoms in total. The normalized spacial score (nSPS) is 9.97. The summed E-state index contributed by atoms with van der Waals surface area (Å²) in [6, 6.07) is 0. The van der Waals surface area contributed by atoms with Crippen LogP contribution in [0.1, 0.15) is 117 Å². The fourth-order valence-corrected chi connectivity index (χ4v) is 3.06. The Kier molecular flexibility index (Phi) is 26.0. The summed E-state index contributed by atoms with van der Waals surface area (Å²) >= 11 is 0. The Hall–Kier alpha value is -1.58. The molecular formula is C26H48O4. The van der Waals surface area contributed by atoms with E-state index >= 15 is 0 Å². The highest BCUT2D eigenvalue weighted by Gasteiger charge is 1.97. The molecule has 4 heteroatoms. The number of carbonyl (C=O) groups excluding carboxylic acids is 2. The highest BCUT2D eigenvalue weighted by Crippen LogP contribution is 2.13. The summed E-state index contributed by atoms with van der Waals surface area (Å²) in [7, 11) is 1.33. The molecule has 0 rings (SSSR count). The minimum atomic E-state index is -0.347. The van der Waals surface area contributed by atoms with Crippen LogP contribution in [-0.2, 0) is 19.1 Å². The molecule has 30 heavy (non-hydrogen) atoms. The van der Waals surface area contributed by atoms with Crippen molar-refractivity contribution in [1.29, 1.82) is 0 Å². The molecule has 0 aliphatic heterocycles. The smallest absolute Gasteiger partial charge is 0.332 e. The number of unbranched alkanes of at least 4 members (excludes halogenated alkanes) is 15. The van der Waals surface area contributed by atoms with E-state index in [0.29, 0.717) is 12.2 Å². The molecule has 0 aromatic rings. The van der Waals surface area contributed by atoms with Gasteiger partial charge in [0.05, 0.1) is 13.7 Å². The Balaban J connectivity index is 0. The first-order chi connectivity index (χ1) is 14.5. The van der Waals surface area contributed by atoms with Crippen molar-refractivity contribution >= 4 is 11.9 Å². The second kappa shape index (κ2) is 25.5. The Morgan fingerprint density at radius 1 is 0.733 bits per heavy atom. The fraction of sp³-hybridized carbons (Fsp3) is 0.769. The zero-order chi connectivity index (χ0) is 22.9. The average Bonchev–Trinajstić information content (AvgIpc) is 2.75. The number of hydrogen-bond donors (Lipinski definition) is 0. The monoisotopic (exact) mass is 424 g/mol. The number of rotatable bonds is 19. The van der Waals surface area contributed by atoms with Gasteiger partial charge in [-0.15, -0.1) is 0 Å². The molecule has 0 heterocycles. The van der Waals surface area contributed by atoms with Gasteiger partial charge in [-0.3, -0.25) is 0 Å². The van der Waals surface area contributed by atoms with Crippen LogP contribution in [0.3, 0.4) is 0 Å². The third-order valence-electron chi connectivity index (χ3n) is 4.94. The van der Waals surface area contributed by atoms with E-state index in [2.05, 4.69) is 24.8 Å². The molecule has 0 bridgehead atoms. The maximum atomic E-state index is 10.8. The summed E-state index contributed by atoms with van der Waals surface area (Å²) in [6.07, 6.45) is 23.0. The largest absolute Gasteiger partial charge is 0.466 e. The van der Waals surface area contributed by atoms with Crippen molar-refractivity contribution in [3.05, 3.63) is 24.8 Å². The van der Waals surface area contributed by atoms with E-state index in [9.17, 15) is 9.59 Å². The Labute approximate surface area is 186 Å². The standard InChI is InChI=1S/C21H40O2.C5H8O2/c1-3-5-6-7-8-9-10-11-12-13-14-15-16-17-18-19-20-23-21(22)4-2;1-4(2)5(6)7-3/h4H,2-3,5-20H2,1H3;1H2,2-3H3. The third kappa shape index (κ3) is 26.4. The van der Waals surface area contributed by atoms with Gasteiger partial charge in [0, 0.05) is 11.6 Å². The highest BCUT2D eigenvalue weighted by atomic mass is 16.5. The van der Waals surface area contributed by atoms with Gasteiger partial charge in [-0.2, -0.15) is 0 Å². The van der Waals surface area contributed by atoms with Crippen molar-refractivity contribution < 1.29 is 19.1 Å². The van der Waals surface area contributed by atoms with E-state index in [0.717, 1.165) is 6.42 Å². The third-order valence-corrected chi connectivity index (χ3v) is 4.94. The number of hydrogen-bond acceptors (Lipinski definition) is 4. The van der Waals surface area contributed by atoms with Crippen LogP contribution >= 0.6 is 0 Å². The van der Waals surface area contributed by atoms with Crippen LogP contribution < -0.4 is 0 Å². The topological polar surface area (TPSA) is 52.6 Å². The zero-order valence-electron chi connectivity index (χ0n) is 20.1. The van der Waals surface area contributed by atoms with Gasteiger partial charge in [-0.05, 0) is 13.3 Å². The highest BCUT2D eigenvalue weighted by molar-refractivity contribution is 5.86. The number of methoxy groups -OCH3 is 1.